The Balaban J connectivity index is 1.69. The molecule has 8 heteroatoms. The van der Waals surface area contributed by atoms with E-state index in [-0.39, 0.29) is 17.9 Å². The molecule has 3 heterocycles. The Morgan fingerprint density at radius 3 is 2.81 bits per heavy atom. The highest BCUT2D eigenvalue weighted by Crippen LogP contribution is 2.42. The van der Waals surface area contributed by atoms with Crippen LogP contribution in [0.15, 0.2) is 46.8 Å². The number of amides is 2. The zero-order valence-electron chi connectivity index (χ0n) is 18.7. The number of aryl methyl sites for hydroxylation is 1. The third-order valence-corrected chi connectivity index (χ3v) is 7.57. The fraction of sp³-hybridized carbons (Fsp3) is 0.417. The molecule has 0 radical (unpaired) electrons. The van der Waals surface area contributed by atoms with Gasteiger partial charge in [-0.3, -0.25) is 9.59 Å². The smallest absolute Gasteiger partial charge is 0.247 e. The second-order valence-electron chi connectivity index (χ2n) is 8.15. The van der Waals surface area contributed by atoms with E-state index in [0.717, 1.165) is 32.8 Å². The number of ether oxygens (including phenoxy) is 1. The molecule has 170 valence electrons. The van der Waals surface area contributed by atoms with Crippen molar-refractivity contribution in [1.82, 2.24) is 14.8 Å². The van der Waals surface area contributed by atoms with Gasteiger partial charge in [-0.05, 0) is 37.8 Å². The highest BCUT2D eigenvalue weighted by atomic mass is 32.2. The standard InChI is InChI=1S/C24H29N3O3S2/c1-16(2)30-12-7-11-25-23(29)22-21-18-9-4-5-10-19(18)26(3)24(21)32-15-20(28)27(22)14-17-8-6-13-31-17/h4-6,8-10,13,16,22H,7,11-12,14-15H2,1-3H3,(H,25,29). The van der Waals surface area contributed by atoms with E-state index >= 15 is 0 Å². The fourth-order valence-electron chi connectivity index (χ4n) is 4.07. The molecule has 1 N–H and O–H groups in total. The highest BCUT2D eigenvalue weighted by molar-refractivity contribution is 8.00. The summed E-state index contributed by atoms with van der Waals surface area (Å²) in [6.07, 6.45) is 0.897. The van der Waals surface area contributed by atoms with Crippen molar-refractivity contribution in [2.75, 3.05) is 18.9 Å². The van der Waals surface area contributed by atoms with Crippen LogP contribution in [0, 0.1) is 0 Å². The van der Waals surface area contributed by atoms with Crippen molar-refractivity contribution in [1.29, 1.82) is 0 Å². The minimum atomic E-state index is -0.674. The number of carbonyl (C=O) groups excluding carboxylic acids is 2. The number of nitrogens with one attached hydrogen (secondary N) is 1. The monoisotopic (exact) mass is 471 g/mol. The van der Waals surface area contributed by atoms with E-state index in [1.807, 2.05) is 56.6 Å². The van der Waals surface area contributed by atoms with Crippen LogP contribution in [0.5, 0.6) is 0 Å². The van der Waals surface area contributed by atoms with Gasteiger partial charge >= 0.3 is 0 Å². The van der Waals surface area contributed by atoms with E-state index in [1.54, 1.807) is 16.2 Å². The summed E-state index contributed by atoms with van der Waals surface area (Å²) in [6, 6.07) is 11.4. The van der Waals surface area contributed by atoms with Crippen molar-refractivity contribution >= 4 is 45.8 Å². The molecule has 0 aliphatic carbocycles. The van der Waals surface area contributed by atoms with Crippen molar-refractivity contribution in [3.63, 3.8) is 0 Å². The minimum Gasteiger partial charge on any atom is -0.379 e. The number of para-hydroxylation sites is 1. The number of hydrogen-bond acceptors (Lipinski definition) is 5. The van der Waals surface area contributed by atoms with Crippen LogP contribution in [0.25, 0.3) is 10.9 Å². The summed E-state index contributed by atoms with van der Waals surface area (Å²) in [5, 5.41) is 7.07. The number of carbonyl (C=O) groups is 2. The van der Waals surface area contributed by atoms with Gasteiger partial charge in [-0.25, -0.2) is 0 Å². The zero-order valence-corrected chi connectivity index (χ0v) is 20.3. The maximum atomic E-state index is 13.6. The number of aromatic nitrogens is 1. The number of rotatable bonds is 8. The Bertz CT molecular complexity index is 1090. The summed E-state index contributed by atoms with van der Waals surface area (Å²) >= 11 is 3.12. The lowest BCUT2D eigenvalue weighted by Crippen LogP contribution is -2.43. The Morgan fingerprint density at radius 2 is 2.06 bits per heavy atom. The molecule has 3 aromatic rings. The summed E-state index contributed by atoms with van der Waals surface area (Å²) < 4.78 is 7.70. The SMILES string of the molecule is CC(C)OCCCNC(=O)C1c2c(n(C)c3ccccc23)SCC(=O)N1Cc1cccs1. The van der Waals surface area contributed by atoms with Crippen molar-refractivity contribution < 1.29 is 14.3 Å². The second kappa shape index (κ2) is 10.1. The first kappa shape index (κ1) is 22.9. The van der Waals surface area contributed by atoms with Crippen molar-refractivity contribution in [2.24, 2.45) is 7.05 Å². The van der Waals surface area contributed by atoms with Gasteiger partial charge in [0.05, 0.1) is 23.4 Å². The number of benzene rings is 1. The van der Waals surface area contributed by atoms with E-state index in [0.29, 0.717) is 25.4 Å². The average Bonchev–Trinajstić information content (AvgIpc) is 3.34. The quantitative estimate of drug-likeness (QED) is 0.496. The van der Waals surface area contributed by atoms with E-state index in [1.165, 1.54) is 11.8 Å². The summed E-state index contributed by atoms with van der Waals surface area (Å²) in [7, 11) is 2.01. The molecule has 2 amide bonds. The van der Waals surface area contributed by atoms with E-state index in [9.17, 15) is 9.59 Å². The molecule has 6 nitrogen and oxygen atoms in total. The molecule has 0 spiro atoms. The highest BCUT2D eigenvalue weighted by Gasteiger charge is 2.38. The molecule has 0 fully saturated rings. The van der Waals surface area contributed by atoms with Gasteiger partial charge in [0.2, 0.25) is 11.8 Å². The summed E-state index contributed by atoms with van der Waals surface area (Å²) in [4.78, 5) is 29.6. The molecule has 32 heavy (non-hydrogen) atoms. The second-order valence-corrected chi connectivity index (χ2v) is 10.1. The number of hydrogen-bond donors (Lipinski definition) is 1. The first-order valence-corrected chi connectivity index (χ1v) is 12.7. The molecular formula is C24H29N3O3S2. The van der Waals surface area contributed by atoms with Gasteiger partial charge in [0.25, 0.3) is 0 Å². The lowest BCUT2D eigenvalue weighted by atomic mass is 10.0. The minimum absolute atomic E-state index is 0.0213. The molecule has 4 rings (SSSR count). The molecule has 0 saturated heterocycles. The Morgan fingerprint density at radius 1 is 1.25 bits per heavy atom. The van der Waals surface area contributed by atoms with Gasteiger partial charge in [-0.2, -0.15) is 0 Å². The normalized spacial score (nSPS) is 16.4. The molecule has 0 bridgehead atoms. The number of fused-ring (bicyclic) bond motifs is 3. The van der Waals surface area contributed by atoms with Crippen LogP contribution < -0.4 is 5.32 Å². The van der Waals surface area contributed by atoms with E-state index in [2.05, 4.69) is 16.0 Å². The van der Waals surface area contributed by atoms with E-state index in [4.69, 9.17) is 4.74 Å². The lowest BCUT2D eigenvalue weighted by Gasteiger charge is -2.29. The molecule has 1 aliphatic heterocycles. The van der Waals surface area contributed by atoms with Crippen LogP contribution in [0.3, 0.4) is 0 Å². The molecule has 2 aromatic heterocycles. The van der Waals surface area contributed by atoms with Gasteiger partial charge in [0.15, 0.2) is 0 Å². The molecule has 0 saturated carbocycles. The summed E-state index contributed by atoms with van der Waals surface area (Å²) in [5.74, 6) is 0.153. The van der Waals surface area contributed by atoms with Gasteiger partial charge in [0.1, 0.15) is 6.04 Å². The predicted octanol–water partition coefficient (Wildman–Crippen LogP) is 4.35. The van der Waals surface area contributed by atoms with Gasteiger partial charge in [-0.1, -0.05) is 36.0 Å². The van der Waals surface area contributed by atoms with Crippen LogP contribution in [0.2, 0.25) is 0 Å². The molecule has 1 unspecified atom stereocenters. The molecule has 1 atom stereocenters. The Hall–Kier alpha value is -2.29. The Kier molecular flexibility index (Phi) is 7.23. The van der Waals surface area contributed by atoms with Crippen molar-refractivity contribution in [2.45, 2.75) is 44.0 Å². The topological polar surface area (TPSA) is 63.6 Å². The van der Waals surface area contributed by atoms with Crippen molar-refractivity contribution in [3.8, 4) is 0 Å². The fourth-order valence-corrected chi connectivity index (χ4v) is 5.87. The maximum absolute atomic E-state index is 13.6. The number of thioether (sulfide) groups is 1. The zero-order chi connectivity index (χ0) is 22.7. The van der Waals surface area contributed by atoms with Crippen LogP contribution in [0.4, 0.5) is 0 Å². The maximum Gasteiger partial charge on any atom is 0.247 e. The first-order valence-electron chi connectivity index (χ1n) is 10.9. The average molecular weight is 472 g/mol. The molecule has 1 aliphatic rings. The summed E-state index contributed by atoms with van der Waals surface area (Å²) in [6.45, 7) is 5.52. The van der Waals surface area contributed by atoms with Crippen molar-refractivity contribution in [3.05, 3.63) is 52.2 Å². The van der Waals surface area contributed by atoms with Crippen LogP contribution >= 0.6 is 23.1 Å². The van der Waals surface area contributed by atoms with Gasteiger partial charge in [-0.15, -0.1) is 11.3 Å². The van der Waals surface area contributed by atoms with E-state index < -0.39 is 6.04 Å². The first-order chi connectivity index (χ1) is 15.5. The molecule has 1 aromatic carbocycles. The largest absolute Gasteiger partial charge is 0.379 e. The Labute approximate surface area is 196 Å². The van der Waals surface area contributed by atoms with Gasteiger partial charge < -0.3 is 19.5 Å². The van der Waals surface area contributed by atoms with Crippen LogP contribution in [0.1, 0.15) is 36.8 Å². The predicted molar refractivity (Wildman–Crippen MR) is 130 cm³/mol. The third kappa shape index (κ3) is 4.72. The lowest BCUT2D eigenvalue weighted by molar-refractivity contribution is -0.139. The third-order valence-electron chi connectivity index (χ3n) is 5.55. The van der Waals surface area contributed by atoms with Crippen LogP contribution in [-0.4, -0.2) is 46.3 Å². The summed E-state index contributed by atoms with van der Waals surface area (Å²) in [5.41, 5.74) is 1.99. The molecular weight excluding hydrogens is 442 g/mol. The number of thiophene rings is 1. The number of nitrogens with zero attached hydrogens (tertiary/aromatic N) is 2. The van der Waals surface area contributed by atoms with Crippen LogP contribution in [-0.2, 0) is 27.9 Å². The van der Waals surface area contributed by atoms with Gasteiger partial charge in [0, 0.05) is 41.5 Å².